The van der Waals surface area contributed by atoms with Gasteiger partial charge in [0, 0.05) is 6.54 Å². The molecule has 1 amide bonds. The Morgan fingerprint density at radius 1 is 0.920 bits per heavy atom. The maximum Gasteiger partial charge on any atom is 0.412 e. The predicted octanol–water partition coefficient (Wildman–Crippen LogP) is 5.77. The molecule has 25 heavy (non-hydrogen) atoms. The van der Waals surface area contributed by atoms with Gasteiger partial charge in [0.2, 0.25) is 0 Å². The van der Waals surface area contributed by atoms with Crippen LogP contribution in [0.25, 0.3) is 0 Å². The fourth-order valence-corrected chi connectivity index (χ4v) is 4.51. The molecular formula is C21H39NO3. The molecule has 1 saturated carbocycles. The molecule has 2 aliphatic rings. The van der Waals surface area contributed by atoms with Crippen LogP contribution < -0.4 is 0 Å². The Morgan fingerprint density at radius 2 is 1.44 bits per heavy atom. The van der Waals surface area contributed by atoms with Gasteiger partial charge in [-0.05, 0) is 39.0 Å². The highest BCUT2D eigenvalue weighted by molar-refractivity contribution is 5.72. The minimum absolute atomic E-state index is 0.317. The minimum Gasteiger partial charge on any atom is -0.438 e. The molecule has 0 unspecified atom stereocenters. The standard InChI is InChI=1S/C21H39NO3/c1-3-4-5-6-7-8-9-10-11-15-18-22-19(23)25-21(20(22,2)24)16-13-12-14-17-21/h24H,3-18H2,1-2H3/t20-/m0/s1. The molecule has 4 heteroatoms. The molecular weight excluding hydrogens is 314 g/mol. The van der Waals surface area contributed by atoms with E-state index in [0.29, 0.717) is 6.54 Å². The van der Waals surface area contributed by atoms with Crippen LogP contribution in [0, 0.1) is 0 Å². The van der Waals surface area contributed by atoms with E-state index in [9.17, 15) is 9.90 Å². The summed E-state index contributed by atoms with van der Waals surface area (Å²) in [6, 6.07) is 0. The van der Waals surface area contributed by atoms with Gasteiger partial charge < -0.3 is 9.84 Å². The smallest absolute Gasteiger partial charge is 0.412 e. The van der Waals surface area contributed by atoms with Gasteiger partial charge in [-0.25, -0.2) is 4.79 Å². The zero-order chi connectivity index (χ0) is 18.2. The average Bonchev–Trinajstić information content (AvgIpc) is 2.76. The molecule has 2 fully saturated rings. The first-order valence-corrected chi connectivity index (χ1v) is 10.8. The van der Waals surface area contributed by atoms with Crippen LogP contribution in [0.4, 0.5) is 4.79 Å². The van der Waals surface area contributed by atoms with Gasteiger partial charge in [-0.1, -0.05) is 71.1 Å². The molecule has 1 atom stereocenters. The summed E-state index contributed by atoms with van der Waals surface area (Å²) in [5.41, 5.74) is -1.81. The summed E-state index contributed by atoms with van der Waals surface area (Å²) in [6.45, 7) is 4.65. The summed E-state index contributed by atoms with van der Waals surface area (Å²) in [5, 5.41) is 11.0. The van der Waals surface area contributed by atoms with Gasteiger partial charge in [-0.15, -0.1) is 0 Å². The van der Waals surface area contributed by atoms with Crippen LogP contribution in [0.15, 0.2) is 0 Å². The lowest BCUT2D eigenvalue weighted by atomic mass is 9.77. The van der Waals surface area contributed by atoms with Crippen molar-refractivity contribution >= 4 is 6.09 Å². The minimum atomic E-state index is -1.15. The van der Waals surface area contributed by atoms with Crippen LogP contribution in [0.5, 0.6) is 0 Å². The van der Waals surface area contributed by atoms with E-state index < -0.39 is 11.3 Å². The van der Waals surface area contributed by atoms with E-state index in [1.807, 2.05) is 0 Å². The van der Waals surface area contributed by atoms with E-state index in [4.69, 9.17) is 4.74 Å². The van der Waals surface area contributed by atoms with Gasteiger partial charge in [0.15, 0.2) is 11.3 Å². The van der Waals surface area contributed by atoms with Gasteiger partial charge in [0.05, 0.1) is 0 Å². The van der Waals surface area contributed by atoms with Crippen LogP contribution in [0.3, 0.4) is 0 Å². The quantitative estimate of drug-likeness (QED) is 0.480. The number of carbonyl (C=O) groups is 1. The third kappa shape index (κ3) is 5.12. The van der Waals surface area contributed by atoms with Crippen LogP contribution in [0.2, 0.25) is 0 Å². The number of rotatable bonds is 11. The van der Waals surface area contributed by atoms with Crippen molar-refractivity contribution in [2.75, 3.05) is 6.54 Å². The molecule has 0 aromatic rings. The fraction of sp³-hybridized carbons (Fsp3) is 0.952. The molecule has 4 nitrogen and oxygen atoms in total. The third-order valence-corrected chi connectivity index (χ3v) is 6.29. The van der Waals surface area contributed by atoms with E-state index in [2.05, 4.69) is 6.92 Å². The molecule has 1 saturated heterocycles. The van der Waals surface area contributed by atoms with Crippen molar-refractivity contribution in [1.82, 2.24) is 4.90 Å². The summed E-state index contributed by atoms with van der Waals surface area (Å²) in [6.07, 6.45) is 17.2. The first-order chi connectivity index (χ1) is 12.0. The first kappa shape index (κ1) is 20.5. The van der Waals surface area contributed by atoms with Crippen molar-refractivity contribution in [3.63, 3.8) is 0 Å². The first-order valence-electron chi connectivity index (χ1n) is 10.8. The fourth-order valence-electron chi connectivity index (χ4n) is 4.51. The zero-order valence-corrected chi connectivity index (χ0v) is 16.5. The Kier molecular flexibility index (Phi) is 8.05. The van der Waals surface area contributed by atoms with E-state index in [0.717, 1.165) is 38.5 Å². The Morgan fingerprint density at radius 3 is 2.00 bits per heavy atom. The molecule has 2 rings (SSSR count). The lowest BCUT2D eigenvalue weighted by Gasteiger charge is -2.42. The van der Waals surface area contributed by atoms with E-state index in [-0.39, 0.29) is 6.09 Å². The van der Waals surface area contributed by atoms with Crippen molar-refractivity contribution in [3.05, 3.63) is 0 Å². The summed E-state index contributed by atoms with van der Waals surface area (Å²) in [5.74, 6) is 0. The summed E-state index contributed by atoms with van der Waals surface area (Å²) >= 11 is 0. The number of amides is 1. The molecule has 1 aliphatic carbocycles. The molecule has 1 spiro atoms. The maximum atomic E-state index is 12.3. The van der Waals surface area contributed by atoms with Gasteiger partial charge in [-0.2, -0.15) is 0 Å². The van der Waals surface area contributed by atoms with Crippen molar-refractivity contribution in [2.24, 2.45) is 0 Å². The second-order valence-corrected chi connectivity index (χ2v) is 8.28. The van der Waals surface area contributed by atoms with Crippen LogP contribution in [-0.4, -0.2) is 34.0 Å². The predicted molar refractivity (Wildman–Crippen MR) is 101 cm³/mol. The number of unbranched alkanes of at least 4 members (excludes halogenated alkanes) is 9. The molecule has 1 N–H and O–H groups in total. The number of aliphatic hydroxyl groups is 1. The molecule has 1 heterocycles. The van der Waals surface area contributed by atoms with Crippen LogP contribution >= 0.6 is 0 Å². The topological polar surface area (TPSA) is 49.8 Å². The summed E-state index contributed by atoms with van der Waals surface area (Å²) in [4.78, 5) is 13.9. The Hall–Kier alpha value is -0.770. The largest absolute Gasteiger partial charge is 0.438 e. The Labute approximate surface area is 154 Å². The maximum absolute atomic E-state index is 12.3. The van der Waals surface area contributed by atoms with Crippen molar-refractivity contribution in [3.8, 4) is 0 Å². The second kappa shape index (κ2) is 9.80. The van der Waals surface area contributed by atoms with Crippen LogP contribution in [0.1, 0.15) is 110 Å². The van der Waals surface area contributed by atoms with Gasteiger partial charge in [0.25, 0.3) is 0 Å². The SMILES string of the molecule is CCCCCCCCCCCCN1C(=O)OC2(CCCCC2)[C@]1(C)O. The highest BCUT2D eigenvalue weighted by atomic mass is 16.6. The van der Waals surface area contributed by atoms with Crippen molar-refractivity contribution in [1.29, 1.82) is 0 Å². The van der Waals surface area contributed by atoms with E-state index in [1.165, 1.54) is 57.8 Å². The molecule has 0 aromatic heterocycles. The number of hydrogen-bond donors (Lipinski definition) is 1. The number of ether oxygens (including phenoxy) is 1. The molecule has 0 bridgehead atoms. The highest BCUT2D eigenvalue weighted by Crippen LogP contribution is 2.46. The molecule has 1 aliphatic heterocycles. The van der Waals surface area contributed by atoms with Crippen LogP contribution in [-0.2, 0) is 4.74 Å². The summed E-state index contributed by atoms with van der Waals surface area (Å²) < 4.78 is 5.70. The number of nitrogens with zero attached hydrogens (tertiary/aromatic N) is 1. The molecule has 0 radical (unpaired) electrons. The number of carbonyl (C=O) groups excluding carboxylic acids is 1. The van der Waals surface area contributed by atoms with Crippen molar-refractivity contribution in [2.45, 2.75) is 121 Å². The van der Waals surface area contributed by atoms with Gasteiger partial charge in [0.1, 0.15) is 0 Å². The normalized spacial score (nSPS) is 25.6. The summed E-state index contributed by atoms with van der Waals surface area (Å²) in [7, 11) is 0. The van der Waals surface area contributed by atoms with E-state index in [1.54, 1.807) is 11.8 Å². The highest BCUT2D eigenvalue weighted by Gasteiger charge is 2.61. The molecule has 0 aromatic carbocycles. The Bertz CT molecular complexity index is 402. The third-order valence-electron chi connectivity index (χ3n) is 6.29. The lowest BCUT2D eigenvalue weighted by Crippen LogP contribution is -2.57. The number of hydrogen-bond acceptors (Lipinski definition) is 3. The Balaban J connectivity index is 1.63. The molecule has 146 valence electrons. The zero-order valence-electron chi connectivity index (χ0n) is 16.5. The monoisotopic (exact) mass is 353 g/mol. The second-order valence-electron chi connectivity index (χ2n) is 8.28. The van der Waals surface area contributed by atoms with Gasteiger partial charge in [-0.3, -0.25) is 4.90 Å². The van der Waals surface area contributed by atoms with Crippen molar-refractivity contribution < 1.29 is 14.6 Å². The van der Waals surface area contributed by atoms with E-state index >= 15 is 0 Å². The lowest BCUT2D eigenvalue weighted by molar-refractivity contribution is -0.158. The van der Waals surface area contributed by atoms with Gasteiger partial charge >= 0.3 is 6.09 Å². The average molecular weight is 354 g/mol.